The van der Waals surface area contributed by atoms with Crippen LogP contribution in [0.3, 0.4) is 0 Å². The van der Waals surface area contributed by atoms with E-state index in [-0.39, 0.29) is 5.78 Å². The highest BCUT2D eigenvalue weighted by Crippen LogP contribution is 2.29. The zero-order valence-electron chi connectivity index (χ0n) is 9.03. The number of aryl methyl sites for hydroxylation is 1. The minimum absolute atomic E-state index is 0.0972. The van der Waals surface area contributed by atoms with Gasteiger partial charge >= 0.3 is 0 Å². The number of aromatic nitrogens is 1. The van der Waals surface area contributed by atoms with E-state index in [2.05, 4.69) is 15.9 Å². The number of carbonyl (C=O) groups is 1. The van der Waals surface area contributed by atoms with Crippen molar-refractivity contribution in [2.75, 3.05) is 6.54 Å². The number of fused-ring (bicyclic) bond motifs is 1. The van der Waals surface area contributed by atoms with Gasteiger partial charge in [-0.05, 0) is 28.5 Å². The van der Waals surface area contributed by atoms with Gasteiger partial charge < -0.3 is 10.3 Å². The first-order valence-electron chi connectivity index (χ1n) is 5.12. The first kappa shape index (κ1) is 11.4. The van der Waals surface area contributed by atoms with Gasteiger partial charge in [-0.2, -0.15) is 0 Å². The Labute approximate surface area is 102 Å². The molecular formula is C12H13BrN2O. The first-order chi connectivity index (χ1) is 7.65. The number of rotatable bonds is 3. The molecule has 0 unspecified atom stereocenters. The summed E-state index contributed by atoms with van der Waals surface area (Å²) in [4.78, 5) is 11.9. The molecule has 0 saturated heterocycles. The molecule has 1 aromatic carbocycles. The highest BCUT2D eigenvalue weighted by molar-refractivity contribution is 9.10. The molecule has 0 amide bonds. The minimum Gasteiger partial charge on any atom is -0.349 e. The minimum atomic E-state index is 0.0972. The lowest BCUT2D eigenvalue weighted by Gasteiger charge is -2.03. The lowest BCUT2D eigenvalue weighted by molar-refractivity contribution is 0.0987. The molecule has 0 radical (unpaired) electrons. The third kappa shape index (κ3) is 1.79. The van der Waals surface area contributed by atoms with Crippen molar-refractivity contribution in [2.24, 2.45) is 12.8 Å². The fourth-order valence-electron chi connectivity index (χ4n) is 1.89. The van der Waals surface area contributed by atoms with E-state index in [1.807, 2.05) is 36.0 Å². The van der Waals surface area contributed by atoms with Crippen molar-refractivity contribution in [1.82, 2.24) is 4.57 Å². The third-order valence-electron chi connectivity index (χ3n) is 2.64. The summed E-state index contributed by atoms with van der Waals surface area (Å²) in [6.45, 7) is 0.389. The molecule has 0 aliphatic heterocycles. The second kappa shape index (κ2) is 4.39. The molecule has 0 saturated carbocycles. The molecule has 2 rings (SSSR count). The van der Waals surface area contributed by atoms with Crippen molar-refractivity contribution in [1.29, 1.82) is 0 Å². The normalized spacial score (nSPS) is 10.9. The van der Waals surface area contributed by atoms with Crippen molar-refractivity contribution < 1.29 is 4.79 Å². The predicted octanol–water partition coefficient (Wildman–Crippen LogP) is 2.47. The monoisotopic (exact) mass is 280 g/mol. The molecule has 0 aliphatic carbocycles. The molecule has 1 aromatic heterocycles. The van der Waals surface area contributed by atoms with Crippen LogP contribution in [0.25, 0.3) is 10.9 Å². The van der Waals surface area contributed by atoms with Crippen molar-refractivity contribution >= 4 is 32.6 Å². The summed E-state index contributed by atoms with van der Waals surface area (Å²) in [5, 5.41) is 0.975. The van der Waals surface area contributed by atoms with E-state index < -0.39 is 0 Å². The fraction of sp³-hybridized carbons (Fsp3) is 0.250. The second-order valence-electron chi connectivity index (χ2n) is 3.75. The number of Topliss-reactive ketones (excluding diaryl/α,β-unsaturated/α-hetero) is 1. The van der Waals surface area contributed by atoms with Gasteiger partial charge in [-0.3, -0.25) is 4.79 Å². The summed E-state index contributed by atoms with van der Waals surface area (Å²) >= 11 is 3.48. The number of carbonyl (C=O) groups excluding carboxylic acids is 1. The van der Waals surface area contributed by atoms with Gasteiger partial charge in [0.15, 0.2) is 5.78 Å². The van der Waals surface area contributed by atoms with Gasteiger partial charge in [0.1, 0.15) is 0 Å². The molecule has 4 heteroatoms. The van der Waals surface area contributed by atoms with E-state index in [0.29, 0.717) is 13.0 Å². The summed E-state index contributed by atoms with van der Waals surface area (Å²) in [5.74, 6) is 0.0972. The van der Waals surface area contributed by atoms with Gasteiger partial charge in [0.05, 0.1) is 0 Å². The molecule has 3 nitrogen and oxygen atoms in total. The number of hydrogen-bond donors (Lipinski definition) is 1. The summed E-state index contributed by atoms with van der Waals surface area (Å²) < 4.78 is 2.95. The average Bonchev–Trinajstić information content (AvgIpc) is 2.55. The first-order valence-corrected chi connectivity index (χ1v) is 5.91. The Morgan fingerprint density at radius 2 is 2.25 bits per heavy atom. The van der Waals surface area contributed by atoms with E-state index in [9.17, 15) is 4.79 Å². The third-order valence-corrected chi connectivity index (χ3v) is 3.24. The molecule has 84 valence electrons. The van der Waals surface area contributed by atoms with Crippen LogP contribution in [-0.4, -0.2) is 16.9 Å². The zero-order chi connectivity index (χ0) is 11.7. The maximum Gasteiger partial charge on any atom is 0.164 e. The van der Waals surface area contributed by atoms with E-state index in [1.165, 1.54) is 0 Å². The van der Waals surface area contributed by atoms with Crippen LogP contribution in [-0.2, 0) is 7.05 Å². The van der Waals surface area contributed by atoms with Crippen LogP contribution in [0, 0.1) is 0 Å². The second-order valence-corrected chi connectivity index (χ2v) is 4.60. The Hall–Kier alpha value is -1.13. The van der Waals surface area contributed by atoms with Crippen LogP contribution in [0.1, 0.15) is 16.8 Å². The van der Waals surface area contributed by atoms with Gasteiger partial charge in [0, 0.05) is 40.6 Å². The molecule has 2 N–H and O–H groups in total. The van der Waals surface area contributed by atoms with Crippen molar-refractivity contribution in [3.05, 3.63) is 34.4 Å². The molecule has 0 spiro atoms. The number of nitrogens with zero attached hydrogens (tertiary/aromatic N) is 1. The number of hydrogen-bond acceptors (Lipinski definition) is 2. The molecule has 2 aromatic rings. The Balaban J connectivity index is 2.66. The summed E-state index contributed by atoms with van der Waals surface area (Å²) in [6, 6.07) is 5.75. The maximum absolute atomic E-state index is 11.9. The molecule has 0 aliphatic rings. The number of benzene rings is 1. The average molecular weight is 281 g/mol. The topological polar surface area (TPSA) is 48.0 Å². The number of halogens is 1. The Morgan fingerprint density at radius 3 is 2.94 bits per heavy atom. The summed E-state index contributed by atoms with van der Waals surface area (Å²) in [7, 11) is 1.96. The maximum atomic E-state index is 11.9. The van der Waals surface area contributed by atoms with Gasteiger partial charge in [0.2, 0.25) is 0 Å². The molecule has 0 bridgehead atoms. The molecule has 0 atom stereocenters. The van der Waals surface area contributed by atoms with E-state index in [0.717, 1.165) is 20.9 Å². The lowest BCUT2D eigenvalue weighted by Crippen LogP contribution is -2.08. The summed E-state index contributed by atoms with van der Waals surface area (Å²) in [5.41, 5.74) is 7.21. The Bertz CT molecular complexity index is 545. The van der Waals surface area contributed by atoms with Crippen molar-refractivity contribution in [3.63, 3.8) is 0 Å². The molecular weight excluding hydrogens is 268 g/mol. The predicted molar refractivity (Wildman–Crippen MR) is 68.6 cm³/mol. The lowest BCUT2D eigenvalue weighted by atomic mass is 10.0. The Kier molecular flexibility index (Phi) is 3.12. The Morgan fingerprint density at radius 1 is 1.50 bits per heavy atom. The largest absolute Gasteiger partial charge is 0.349 e. The molecule has 16 heavy (non-hydrogen) atoms. The van der Waals surface area contributed by atoms with Crippen molar-refractivity contribution in [2.45, 2.75) is 6.42 Å². The van der Waals surface area contributed by atoms with Gasteiger partial charge in [-0.15, -0.1) is 0 Å². The molecule has 1 heterocycles. The van der Waals surface area contributed by atoms with E-state index >= 15 is 0 Å². The number of ketones is 1. The van der Waals surface area contributed by atoms with Crippen LogP contribution in [0.15, 0.2) is 28.9 Å². The standard InChI is InChI=1S/C12H13BrN2O/c1-15-7-9(13)12-8(11(16)5-6-14)3-2-4-10(12)15/h2-4,7H,5-6,14H2,1H3. The SMILES string of the molecule is Cn1cc(Br)c2c(C(=O)CCN)cccc21. The number of nitrogens with two attached hydrogens (primary N) is 1. The molecule has 0 fully saturated rings. The van der Waals surface area contributed by atoms with Crippen LogP contribution in [0.4, 0.5) is 0 Å². The fourth-order valence-corrected chi connectivity index (χ4v) is 2.61. The highest BCUT2D eigenvalue weighted by Gasteiger charge is 2.13. The van der Waals surface area contributed by atoms with Gasteiger partial charge in [0.25, 0.3) is 0 Å². The van der Waals surface area contributed by atoms with E-state index in [1.54, 1.807) is 0 Å². The van der Waals surface area contributed by atoms with Gasteiger partial charge in [-0.25, -0.2) is 0 Å². The smallest absolute Gasteiger partial charge is 0.164 e. The van der Waals surface area contributed by atoms with Crippen LogP contribution in [0.5, 0.6) is 0 Å². The highest BCUT2D eigenvalue weighted by atomic mass is 79.9. The van der Waals surface area contributed by atoms with Gasteiger partial charge in [-0.1, -0.05) is 12.1 Å². The van der Waals surface area contributed by atoms with Crippen LogP contribution < -0.4 is 5.73 Å². The zero-order valence-corrected chi connectivity index (χ0v) is 10.6. The van der Waals surface area contributed by atoms with E-state index in [4.69, 9.17) is 5.73 Å². The van der Waals surface area contributed by atoms with Crippen molar-refractivity contribution in [3.8, 4) is 0 Å². The van der Waals surface area contributed by atoms with Crippen LogP contribution in [0.2, 0.25) is 0 Å². The summed E-state index contributed by atoms with van der Waals surface area (Å²) in [6.07, 6.45) is 2.35. The quantitative estimate of drug-likeness (QED) is 0.878. The van der Waals surface area contributed by atoms with Crippen LogP contribution >= 0.6 is 15.9 Å².